The molecule has 0 unspecified atom stereocenters. The zero-order chi connectivity index (χ0) is 14.8. The summed E-state index contributed by atoms with van der Waals surface area (Å²) in [5, 5.41) is 2.38. The number of hydrogen-bond acceptors (Lipinski definition) is 3. The standard InChI is InChI=1S/C19H20N2O/c1-2-8-21(9-3-1)14-15-6-7-16-12-20-13-18(17(16)11-15)19-5-4-10-22-19/h4-7,10-13H,1-3,8-9,14H2. The molecule has 0 spiro atoms. The van der Waals surface area contributed by atoms with E-state index in [1.54, 1.807) is 6.26 Å². The van der Waals surface area contributed by atoms with Gasteiger partial charge in [0, 0.05) is 29.9 Å². The number of fused-ring (bicyclic) bond motifs is 1. The molecule has 1 aromatic carbocycles. The highest BCUT2D eigenvalue weighted by atomic mass is 16.3. The van der Waals surface area contributed by atoms with Crippen molar-refractivity contribution in [2.45, 2.75) is 25.8 Å². The number of piperidine rings is 1. The summed E-state index contributed by atoms with van der Waals surface area (Å²) < 4.78 is 5.57. The fraction of sp³-hybridized carbons (Fsp3) is 0.316. The van der Waals surface area contributed by atoms with Crippen LogP contribution in [0.3, 0.4) is 0 Å². The predicted molar refractivity (Wildman–Crippen MR) is 88.6 cm³/mol. The average molecular weight is 292 g/mol. The van der Waals surface area contributed by atoms with Crippen molar-refractivity contribution in [2.75, 3.05) is 13.1 Å². The van der Waals surface area contributed by atoms with Crippen LogP contribution in [0.25, 0.3) is 22.1 Å². The van der Waals surface area contributed by atoms with Gasteiger partial charge >= 0.3 is 0 Å². The molecule has 1 fully saturated rings. The van der Waals surface area contributed by atoms with E-state index >= 15 is 0 Å². The largest absolute Gasteiger partial charge is 0.464 e. The van der Waals surface area contributed by atoms with Gasteiger partial charge in [0.1, 0.15) is 5.76 Å². The molecule has 1 aliphatic heterocycles. The van der Waals surface area contributed by atoms with Crippen molar-refractivity contribution in [3.05, 3.63) is 54.6 Å². The van der Waals surface area contributed by atoms with Gasteiger partial charge in [-0.1, -0.05) is 18.6 Å². The lowest BCUT2D eigenvalue weighted by atomic mass is 10.0. The third-order valence-electron chi connectivity index (χ3n) is 4.47. The summed E-state index contributed by atoms with van der Waals surface area (Å²) >= 11 is 0. The van der Waals surface area contributed by atoms with Crippen molar-refractivity contribution in [2.24, 2.45) is 0 Å². The molecule has 2 aromatic heterocycles. The lowest BCUT2D eigenvalue weighted by molar-refractivity contribution is 0.221. The minimum Gasteiger partial charge on any atom is -0.464 e. The normalized spacial score (nSPS) is 16.2. The van der Waals surface area contributed by atoms with Crippen molar-refractivity contribution < 1.29 is 4.42 Å². The zero-order valence-electron chi connectivity index (χ0n) is 12.7. The van der Waals surface area contributed by atoms with Crippen LogP contribution in [0.15, 0.2) is 53.4 Å². The Morgan fingerprint density at radius 2 is 1.95 bits per heavy atom. The summed E-state index contributed by atoms with van der Waals surface area (Å²) in [6.45, 7) is 3.48. The van der Waals surface area contributed by atoms with E-state index < -0.39 is 0 Å². The topological polar surface area (TPSA) is 29.3 Å². The Bertz CT molecular complexity index is 758. The molecule has 0 amide bonds. The van der Waals surface area contributed by atoms with E-state index in [4.69, 9.17) is 4.42 Å². The van der Waals surface area contributed by atoms with Crippen molar-refractivity contribution in [3.8, 4) is 11.3 Å². The summed E-state index contributed by atoms with van der Waals surface area (Å²) in [5.41, 5.74) is 2.44. The number of pyridine rings is 1. The van der Waals surface area contributed by atoms with Crippen LogP contribution < -0.4 is 0 Å². The molecule has 0 saturated carbocycles. The number of rotatable bonds is 3. The second-order valence-electron chi connectivity index (χ2n) is 6.06. The Morgan fingerprint density at radius 3 is 2.77 bits per heavy atom. The highest BCUT2D eigenvalue weighted by molar-refractivity contribution is 5.94. The fourth-order valence-electron chi connectivity index (χ4n) is 3.31. The lowest BCUT2D eigenvalue weighted by Crippen LogP contribution is -2.29. The molecule has 22 heavy (non-hydrogen) atoms. The second-order valence-corrected chi connectivity index (χ2v) is 6.06. The Kier molecular flexibility index (Phi) is 3.65. The molecular formula is C19H20N2O. The van der Waals surface area contributed by atoms with E-state index in [9.17, 15) is 0 Å². The maximum Gasteiger partial charge on any atom is 0.136 e. The number of likely N-dealkylation sites (tertiary alicyclic amines) is 1. The van der Waals surface area contributed by atoms with Crippen LogP contribution in [0.5, 0.6) is 0 Å². The van der Waals surface area contributed by atoms with Crippen LogP contribution in [-0.4, -0.2) is 23.0 Å². The molecule has 1 saturated heterocycles. The Morgan fingerprint density at radius 1 is 1.05 bits per heavy atom. The summed E-state index contributed by atoms with van der Waals surface area (Å²) in [4.78, 5) is 6.90. The van der Waals surface area contributed by atoms with Gasteiger partial charge < -0.3 is 4.42 Å². The molecule has 0 atom stereocenters. The third kappa shape index (κ3) is 2.64. The Balaban J connectivity index is 1.71. The number of hydrogen-bond donors (Lipinski definition) is 0. The molecule has 112 valence electrons. The molecule has 0 N–H and O–H groups in total. The van der Waals surface area contributed by atoms with Gasteiger partial charge in [-0.2, -0.15) is 0 Å². The molecule has 3 nitrogen and oxygen atoms in total. The third-order valence-corrected chi connectivity index (χ3v) is 4.47. The first-order valence-corrected chi connectivity index (χ1v) is 8.03. The van der Waals surface area contributed by atoms with Crippen molar-refractivity contribution in [1.82, 2.24) is 9.88 Å². The maximum atomic E-state index is 5.57. The van der Waals surface area contributed by atoms with Gasteiger partial charge in [0.15, 0.2) is 0 Å². The second kappa shape index (κ2) is 5.93. The highest BCUT2D eigenvalue weighted by Crippen LogP contribution is 2.29. The number of nitrogens with zero attached hydrogens (tertiary/aromatic N) is 2. The molecular weight excluding hydrogens is 272 g/mol. The summed E-state index contributed by atoms with van der Waals surface area (Å²) in [7, 11) is 0. The van der Waals surface area contributed by atoms with Crippen molar-refractivity contribution in [3.63, 3.8) is 0 Å². The zero-order valence-corrected chi connectivity index (χ0v) is 12.7. The Hall–Kier alpha value is -2.13. The summed E-state index contributed by atoms with van der Waals surface area (Å²) in [6, 6.07) is 10.6. The first-order valence-electron chi connectivity index (χ1n) is 8.03. The first kappa shape index (κ1) is 13.5. The van der Waals surface area contributed by atoms with Gasteiger partial charge in [0.25, 0.3) is 0 Å². The van der Waals surface area contributed by atoms with Crippen LogP contribution in [-0.2, 0) is 6.54 Å². The van der Waals surface area contributed by atoms with E-state index in [-0.39, 0.29) is 0 Å². The van der Waals surface area contributed by atoms with E-state index in [1.165, 1.54) is 43.3 Å². The molecule has 0 aliphatic carbocycles. The number of benzene rings is 1. The quantitative estimate of drug-likeness (QED) is 0.712. The van der Waals surface area contributed by atoms with Gasteiger partial charge in [-0.3, -0.25) is 9.88 Å². The van der Waals surface area contributed by atoms with E-state index in [2.05, 4.69) is 28.1 Å². The summed E-state index contributed by atoms with van der Waals surface area (Å²) in [5.74, 6) is 0.883. The number of furan rings is 1. The maximum absolute atomic E-state index is 5.57. The molecule has 3 heterocycles. The molecule has 4 rings (SSSR count). The molecule has 0 radical (unpaired) electrons. The molecule has 1 aliphatic rings. The van der Waals surface area contributed by atoms with Crippen molar-refractivity contribution in [1.29, 1.82) is 0 Å². The van der Waals surface area contributed by atoms with Crippen LogP contribution in [0.1, 0.15) is 24.8 Å². The van der Waals surface area contributed by atoms with Crippen LogP contribution in [0.2, 0.25) is 0 Å². The smallest absolute Gasteiger partial charge is 0.136 e. The summed E-state index contributed by atoms with van der Waals surface area (Å²) in [6.07, 6.45) is 9.57. The Labute approximate surface area is 130 Å². The van der Waals surface area contributed by atoms with E-state index in [0.29, 0.717) is 0 Å². The minimum atomic E-state index is 0.883. The number of aromatic nitrogens is 1. The van der Waals surface area contributed by atoms with E-state index in [0.717, 1.165) is 23.3 Å². The van der Waals surface area contributed by atoms with Gasteiger partial charge in [0.05, 0.1) is 6.26 Å². The van der Waals surface area contributed by atoms with Crippen LogP contribution >= 0.6 is 0 Å². The average Bonchev–Trinajstić information content (AvgIpc) is 3.09. The van der Waals surface area contributed by atoms with E-state index in [1.807, 2.05) is 24.5 Å². The van der Waals surface area contributed by atoms with Crippen LogP contribution in [0.4, 0.5) is 0 Å². The predicted octanol–water partition coefficient (Wildman–Crippen LogP) is 4.48. The van der Waals surface area contributed by atoms with Crippen LogP contribution in [0, 0.1) is 0 Å². The molecule has 0 bridgehead atoms. The van der Waals surface area contributed by atoms with Gasteiger partial charge in [0.2, 0.25) is 0 Å². The lowest BCUT2D eigenvalue weighted by Gasteiger charge is -2.26. The monoisotopic (exact) mass is 292 g/mol. The van der Waals surface area contributed by atoms with Gasteiger partial charge in [-0.25, -0.2) is 0 Å². The minimum absolute atomic E-state index is 0.883. The molecule has 3 heteroatoms. The highest BCUT2D eigenvalue weighted by Gasteiger charge is 2.12. The molecule has 3 aromatic rings. The van der Waals surface area contributed by atoms with Crippen molar-refractivity contribution >= 4 is 10.8 Å². The van der Waals surface area contributed by atoms with Gasteiger partial charge in [-0.15, -0.1) is 0 Å². The first-order chi connectivity index (χ1) is 10.9. The SMILES string of the molecule is c1coc(-c2cncc3ccc(CN4CCCCC4)cc23)c1. The fourth-order valence-corrected chi connectivity index (χ4v) is 3.31. The van der Waals surface area contributed by atoms with Gasteiger partial charge in [-0.05, 0) is 55.1 Å².